The van der Waals surface area contributed by atoms with Crippen molar-refractivity contribution in [3.8, 4) is 0 Å². The topological polar surface area (TPSA) is 70.5 Å². The molecule has 3 aromatic rings. The number of carbonyl (C=O) groups is 1. The maximum absolute atomic E-state index is 13.3. The van der Waals surface area contributed by atoms with Crippen molar-refractivity contribution in [2.24, 2.45) is 0 Å². The molecular formula is C23H23F2N5O2. The molecule has 0 bridgehead atoms. The monoisotopic (exact) mass is 439 g/mol. The first-order chi connectivity index (χ1) is 15.4. The first-order valence-electron chi connectivity index (χ1n) is 10.3. The van der Waals surface area contributed by atoms with Crippen molar-refractivity contribution in [3.63, 3.8) is 0 Å². The normalized spacial score (nSPS) is 13.8. The highest BCUT2D eigenvalue weighted by Gasteiger charge is 2.19. The Kier molecular flexibility index (Phi) is 6.16. The van der Waals surface area contributed by atoms with E-state index in [0.29, 0.717) is 30.2 Å². The number of hydrogen-bond acceptors (Lipinski definition) is 5. The van der Waals surface area contributed by atoms with Gasteiger partial charge in [0, 0.05) is 43.6 Å². The van der Waals surface area contributed by atoms with E-state index in [2.05, 4.69) is 15.3 Å². The molecule has 2 aromatic carbocycles. The summed E-state index contributed by atoms with van der Waals surface area (Å²) in [5, 5.41) is 7.05. The number of hydrogen-bond donors (Lipinski definition) is 1. The van der Waals surface area contributed by atoms with Crippen LogP contribution in [0.4, 0.5) is 26.0 Å². The molecule has 0 spiro atoms. The second-order valence-electron chi connectivity index (χ2n) is 7.65. The van der Waals surface area contributed by atoms with Crippen molar-refractivity contribution in [2.45, 2.75) is 13.5 Å². The van der Waals surface area contributed by atoms with Crippen molar-refractivity contribution < 1.29 is 13.6 Å². The summed E-state index contributed by atoms with van der Waals surface area (Å²) in [7, 11) is 0. The summed E-state index contributed by atoms with van der Waals surface area (Å²) in [6, 6.07) is 13.5. The SMILES string of the molecule is Cc1cc(F)ccc1NC(=O)Cn1nc(N2CCN(c3ccc(F)cc3)CC2)ccc1=O. The maximum atomic E-state index is 13.3. The highest BCUT2D eigenvalue weighted by Crippen LogP contribution is 2.19. The number of rotatable bonds is 5. The number of halogens is 2. The number of anilines is 3. The summed E-state index contributed by atoms with van der Waals surface area (Å²) in [5.41, 5.74) is 1.64. The van der Waals surface area contributed by atoms with Gasteiger partial charge in [-0.15, -0.1) is 0 Å². The van der Waals surface area contributed by atoms with Crippen molar-refractivity contribution in [3.05, 3.63) is 82.1 Å². The van der Waals surface area contributed by atoms with Gasteiger partial charge in [-0.3, -0.25) is 9.59 Å². The fourth-order valence-electron chi connectivity index (χ4n) is 3.66. The summed E-state index contributed by atoms with van der Waals surface area (Å²) < 4.78 is 27.5. The molecule has 1 aromatic heterocycles. The molecule has 166 valence electrons. The highest BCUT2D eigenvalue weighted by molar-refractivity contribution is 5.91. The number of aromatic nitrogens is 2. The Bertz CT molecular complexity index is 1170. The fourth-order valence-corrected chi connectivity index (χ4v) is 3.66. The third-order valence-electron chi connectivity index (χ3n) is 5.40. The Labute approximate surface area is 183 Å². The van der Waals surface area contributed by atoms with Crippen LogP contribution in [0.1, 0.15) is 5.56 Å². The molecule has 1 N–H and O–H groups in total. The molecule has 4 rings (SSSR count). The summed E-state index contributed by atoms with van der Waals surface area (Å²) >= 11 is 0. The number of benzene rings is 2. The van der Waals surface area contributed by atoms with Gasteiger partial charge in [0.1, 0.15) is 24.0 Å². The molecule has 0 radical (unpaired) electrons. The van der Waals surface area contributed by atoms with Gasteiger partial charge in [0.15, 0.2) is 0 Å². The average molecular weight is 439 g/mol. The van der Waals surface area contributed by atoms with Crippen LogP contribution in [0.2, 0.25) is 0 Å². The minimum absolute atomic E-state index is 0.251. The molecular weight excluding hydrogens is 416 g/mol. The Balaban J connectivity index is 1.41. The van der Waals surface area contributed by atoms with E-state index < -0.39 is 5.91 Å². The van der Waals surface area contributed by atoms with E-state index in [-0.39, 0.29) is 23.7 Å². The molecule has 32 heavy (non-hydrogen) atoms. The van der Waals surface area contributed by atoms with Gasteiger partial charge in [0.2, 0.25) is 5.91 Å². The van der Waals surface area contributed by atoms with Gasteiger partial charge in [-0.2, -0.15) is 5.10 Å². The van der Waals surface area contributed by atoms with Crippen LogP contribution in [0.15, 0.2) is 59.4 Å². The zero-order valence-corrected chi connectivity index (χ0v) is 17.6. The van der Waals surface area contributed by atoms with Crippen LogP contribution in [-0.4, -0.2) is 41.9 Å². The van der Waals surface area contributed by atoms with Gasteiger partial charge in [-0.1, -0.05) is 0 Å². The van der Waals surface area contributed by atoms with Gasteiger partial charge in [-0.05, 0) is 61.0 Å². The molecule has 1 aliphatic rings. The van der Waals surface area contributed by atoms with Crippen LogP contribution in [0, 0.1) is 18.6 Å². The van der Waals surface area contributed by atoms with E-state index >= 15 is 0 Å². The average Bonchev–Trinajstić information content (AvgIpc) is 2.78. The van der Waals surface area contributed by atoms with Crippen LogP contribution >= 0.6 is 0 Å². The van der Waals surface area contributed by atoms with Gasteiger partial charge in [0.05, 0.1) is 0 Å². The predicted molar refractivity (Wildman–Crippen MR) is 119 cm³/mol. The van der Waals surface area contributed by atoms with Crippen LogP contribution in [0.25, 0.3) is 0 Å². The summed E-state index contributed by atoms with van der Waals surface area (Å²) in [6.07, 6.45) is 0. The first kappa shape index (κ1) is 21.5. The van der Waals surface area contributed by atoms with Gasteiger partial charge < -0.3 is 15.1 Å². The number of aryl methyl sites for hydroxylation is 1. The molecule has 9 heteroatoms. The molecule has 1 aliphatic heterocycles. The molecule has 1 fully saturated rings. The van der Waals surface area contributed by atoms with E-state index in [9.17, 15) is 18.4 Å². The predicted octanol–water partition coefficient (Wildman–Crippen LogP) is 2.80. The number of piperazine rings is 1. The first-order valence-corrected chi connectivity index (χ1v) is 10.3. The largest absolute Gasteiger partial charge is 0.368 e. The molecule has 0 unspecified atom stereocenters. The van der Waals surface area contributed by atoms with E-state index in [1.165, 1.54) is 36.4 Å². The molecule has 0 aliphatic carbocycles. The number of carbonyl (C=O) groups excluding carboxylic acids is 1. The molecule has 7 nitrogen and oxygen atoms in total. The minimum atomic E-state index is -0.424. The van der Waals surface area contributed by atoms with Crippen molar-refractivity contribution >= 4 is 23.1 Å². The van der Waals surface area contributed by atoms with Crippen LogP contribution in [-0.2, 0) is 11.3 Å². The molecule has 2 heterocycles. The lowest BCUT2D eigenvalue weighted by Gasteiger charge is -2.36. The minimum Gasteiger partial charge on any atom is -0.368 e. The smallest absolute Gasteiger partial charge is 0.267 e. The molecule has 0 saturated carbocycles. The van der Waals surface area contributed by atoms with E-state index in [0.717, 1.165) is 23.5 Å². The quantitative estimate of drug-likeness (QED) is 0.662. The molecule has 1 amide bonds. The second-order valence-corrected chi connectivity index (χ2v) is 7.65. The van der Waals surface area contributed by atoms with Crippen molar-refractivity contribution in [1.82, 2.24) is 9.78 Å². The Hall–Kier alpha value is -3.75. The lowest BCUT2D eigenvalue weighted by molar-refractivity contribution is -0.117. The van der Waals surface area contributed by atoms with Crippen LogP contribution < -0.4 is 20.7 Å². The number of amides is 1. The van der Waals surface area contributed by atoms with Crippen molar-refractivity contribution in [1.29, 1.82) is 0 Å². The van der Waals surface area contributed by atoms with Crippen molar-refractivity contribution in [2.75, 3.05) is 41.3 Å². The zero-order chi connectivity index (χ0) is 22.7. The summed E-state index contributed by atoms with van der Waals surface area (Å²) in [5.74, 6) is -0.468. The van der Waals surface area contributed by atoms with Gasteiger partial charge >= 0.3 is 0 Å². The lowest BCUT2D eigenvalue weighted by atomic mass is 10.2. The standard InChI is InChI=1S/C23H23F2N5O2/c1-16-14-18(25)4-7-20(16)26-22(31)15-30-23(32)9-8-21(27-30)29-12-10-28(11-13-29)19-5-2-17(24)3-6-19/h2-9,14H,10-13,15H2,1H3,(H,26,31). The summed E-state index contributed by atoms with van der Waals surface area (Å²) in [4.78, 5) is 28.9. The van der Waals surface area contributed by atoms with E-state index in [4.69, 9.17) is 0 Å². The molecule has 0 atom stereocenters. The van der Waals surface area contributed by atoms with Crippen LogP contribution in [0.3, 0.4) is 0 Å². The van der Waals surface area contributed by atoms with Gasteiger partial charge in [0.25, 0.3) is 5.56 Å². The maximum Gasteiger partial charge on any atom is 0.267 e. The van der Waals surface area contributed by atoms with Gasteiger partial charge in [-0.25, -0.2) is 13.5 Å². The highest BCUT2D eigenvalue weighted by atomic mass is 19.1. The lowest BCUT2D eigenvalue weighted by Crippen LogP contribution is -2.47. The summed E-state index contributed by atoms with van der Waals surface area (Å²) in [6.45, 7) is 4.22. The van der Waals surface area contributed by atoms with Crippen LogP contribution in [0.5, 0.6) is 0 Å². The fraction of sp³-hybridized carbons (Fsp3) is 0.261. The third-order valence-corrected chi connectivity index (χ3v) is 5.40. The van der Waals surface area contributed by atoms with E-state index in [1.54, 1.807) is 25.1 Å². The Morgan fingerprint density at radius 3 is 2.28 bits per heavy atom. The zero-order valence-electron chi connectivity index (χ0n) is 17.6. The Morgan fingerprint density at radius 2 is 1.59 bits per heavy atom. The molecule has 1 saturated heterocycles. The Morgan fingerprint density at radius 1 is 0.938 bits per heavy atom. The third kappa shape index (κ3) is 4.93. The second kappa shape index (κ2) is 9.17. The number of nitrogens with zero attached hydrogens (tertiary/aromatic N) is 4. The van der Waals surface area contributed by atoms with E-state index in [1.807, 2.05) is 4.90 Å². The number of nitrogens with one attached hydrogen (secondary N) is 1.